The lowest BCUT2D eigenvalue weighted by molar-refractivity contribution is 0.359. The first kappa shape index (κ1) is 22.1. The lowest BCUT2D eigenvalue weighted by Gasteiger charge is -2.34. The summed E-state index contributed by atoms with van der Waals surface area (Å²) in [4.78, 5) is 4.67. The second-order valence-electron chi connectivity index (χ2n) is 10.2. The van der Waals surface area contributed by atoms with E-state index in [9.17, 15) is 0 Å². The van der Waals surface area contributed by atoms with Crippen LogP contribution in [0.25, 0.3) is 11.1 Å². The summed E-state index contributed by atoms with van der Waals surface area (Å²) < 4.78 is 13.1. The van der Waals surface area contributed by atoms with Crippen LogP contribution in [0.3, 0.4) is 0 Å². The summed E-state index contributed by atoms with van der Waals surface area (Å²) in [7, 11) is 0. The molecule has 0 aromatic heterocycles. The first-order valence-corrected chi connectivity index (χ1v) is 13.4. The summed E-state index contributed by atoms with van der Waals surface area (Å²) in [6, 6.07) is 40.7. The van der Waals surface area contributed by atoms with Gasteiger partial charge in [0.1, 0.15) is 0 Å². The van der Waals surface area contributed by atoms with Crippen molar-refractivity contribution in [1.29, 1.82) is 0 Å². The lowest BCUT2D eigenvalue weighted by Crippen LogP contribution is -2.28. The number of hydrogen-bond acceptors (Lipinski definition) is 3. The predicted octanol–water partition coefficient (Wildman–Crippen LogP) is 8.70. The number of aliphatic imine (C=N–C) groups is 1. The Morgan fingerprint density at radius 3 is 1.97 bits per heavy atom. The zero-order chi connectivity index (χ0) is 25.8. The molecule has 2 heterocycles. The molecule has 2 aliphatic heterocycles. The van der Waals surface area contributed by atoms with Gasteiger partial charge in [0, 0.05) is 12.1 Å². The van der Waals surface area contributed by atoms with E-state index in [1.54, 1.807) is 0 Å². The quantitative estimate of drug-likeness (QED) is 0.241. The molecule has 0 saturated carbocycles. The fraction of sp³-hybridized carbons (Fsp3) is 0.0833. The molecule has 0 bridgehead atoms. The molecular formula is C36H25NO2. The number of fused-ring (bicyclic) bond motifs is 5. The van der Waals surface area contributed by atoms with Gasteiger partial charge in [0.25, 0.3) is 0 Å². The number of nitrogens with zero attached hydrogens (tertiary/aromatic N) is 1. The van der Waals surface area contributed by atoms with Crippen LogP contribution in [-0.2, 0) is 5.41 Å². The van der Waals surface area contributed by atoms with Crippen molar-refractivity contribution < 1.29 is 9.47 Å². The molecule has 0 fully saturated rings. The molecule has 0 atom stereocenters. The summed E-state index contributed by atoms with van der Waals surface area (Å²) in [5, 5.41) is 0. The first-order chi connectivity index (χ1) is 19.3. The summed E-state index contributed by atoms with van der Waals surface area (Å²) in [5.74, 6) is 2.89. The number of ether oxygens (including phenoxy) is 2. The maximum Gasteiger partial charge on any atom is 0.170 e. The molecule has 1 aliphatic carbocycles. The maximum absolute atomic E-state index is 6.53. The minimum atomic E-state index is -0.470. The fourth-order valence-corrected chi connectivity index (χ4v) is 6.37. The molecule has 0 radical (unpaired) electrons. The van der Waals surface area contributed by atoms with E-state index in [4.69, 9.17) is 9.47 Å². The third-order valence-electron chi connectivity index (χ3n) is 8.06. The van der Waals surface area contributed by atoms with Gasteiger partial charge < -0.3 is 9.47 Å². The molecule has 3 nitrogen and oxygen atoms in total. The fourth-order valence-electron chi connectivity index (χ4n) is 6.37. The SMILES string of the molecule is C1=CC(c2ccc3c(c2)Oc2cc4c(cc2O3)C(c2ccccc2)(c2ccccc2)c2ccccc2-4)=NCC1. The Hall–Kier alpha value is -4.89. The van der Waals surface area contributed by atoms with Crippen molar-refractivity contribution in [3.05, 3.63) is 155 Å². The van der Waals surface area contributed by atoms with Crippen LogP contribution in [0.15, 0.2) is 132 Å². The molecule has 0 unspecified atom stereocenters. The lowest BCUT2D eigenvalue weighted by atomic mass is 9.67. The minimum Gasteiger partial charge on any atom is -0.450 e. The highest BCUT2D eigenvalue weighted by molar-refractivity contribution is 6.09. The molecule has 0 saturated heterocycles. The van der Waals surface area contributed by atoms with Crippen molar-refractivity contribution in [3.8, 4) is 34.1 Å². The molecule has 0 N–H and O–H groups in total. The van der Waals surface area contributed by atoms with Crippen molar-refractivity contribution in [2.45, 2.75) is 11.8 Å². The summed E-state index contributed by atoms with van der Waals surface area (Å²) in [5.41, 5.74) is 8.85. The van der Waals surface area contributed by atoms with Gasteiger partial charge in [-0.05, 0) is 76.2 Å². The largest absolute Gasteiger partial charge is 0.450 e. The van der Waals surface area contributed by atoms with E-state index < -0.39 is 5.41 Å². The average molecular weight is 504 g/mol. The zero-order valence-electron chi connectivity index (χ0n) is 21.3. The second kappa shape index (κ2) is 8.57. The van der Waals surface area contributed by atoms with E-state index in [2.05, 4.69) is 120 Å². The minimum absolute atomic E-state index is 0.470. The molecule has 186 valence electrons. The van der Waals surface area contributed by atoms with Crippen molar-refractivity contribution in [2.75, 3.05) is 6.54 Å². The van der Waals surface area contributed by atoms with Crippen molar-refractivity contribution in [1.82, 2.24) is 0 Å². The Bertz CT molecular complexity index is 1760. The monoisotopic (exact) mass is 503 g/mol. The highest BCUT2D eigenvalue weighted by Gasteiger charge is 2.47. The highest BCUT2D eigenvalue weighted by Crippen LogP contribution is 2.59. The van der Waals surface area contributed by atoms with Crippen LogP contribution < -0.4 is 9.47 Å². The van der Waals surface area contributed by atoms with Crippen LogP contribution in [0.2, 0.25) is 0 Å². The normalized spacial score (nSPS) is 15.6. The third kappa shape index (κ3) is 3.26. The van der Waals surface area contributed by atoms with Gasteiger partial charge in [0.05, 0.1) is 11.1 Å². The molecular weight excluding hydrogens is 478 g/mol. The van der Waals surface area contributed by atoms with Gasteiger partial charge in [-0.3, -0.25) is 4.99 Å². The van der Waals surface area contributed by atoms with Gasteiger partial charge in [0.2, 0.25) is 0 Å². The molecule has 8 rings (SSSR count). The second-order valence-corrected chi connectivity index (χ2v) is 10.2. The van der Waals surface area contributed by atoms with Gasteiger partial charge in [-0.15, -0.1) is 0 Å². The highest BCUT2D eigenvalue weighted by atomic mass is 16.6. The van der Waals surface area contributed by atoms with Crippen molar-refractivity contribution >= 4 is 5.71 Å². The Kier molecular flexibility index (Phi) is 4.86. The van der Waals surface area contributed by atoms with Crippen LogP contribution in [0, 0.1) is 0 Å². The van der Waals surface area contributed by atoms with Crippen LogP contribution >= 0.6 is 0 Å². The van der Waals surface area contributed by atoms with Gasteiger partial charge in [-0.25, -0.2) is 0 Å². The Balaban J connectivity index is 1.33. The van der Waals surface area contributed by atoms with Crippen LogP contribution in [0.5, 0.6) is 23.0 Å². The number of rotatable bonds is 3. The van der Waals surface area contributed by atoms with Crippen LogP contribution in [0.1, 0.15) is 34.2 Å². The molecule has 0 amide bonds. The van der Waals surface area contributed by atoms with Gasteiger partial charge in [-0.2, -0.15) is 0 Å². The molecule has 0 spiro atoms. The average Bonchev–Trinajstić information content (AvgIpc) is 3.30. The Labute approximate surface area is 227 Å². The smallest absolute Gasteiger partial charge is 0.170 e. The third-order valence-corrected chi connectivity index (χ3v) is 8.06. The topological polar surface area (TPSA) is 30.8 Å². The Morgan fingerprint density at radius 1 is 0.564 bits per heavy atom. The maximum atomic E-state index is 6.53. The number of hydrogen-bond donors (Lipinski definition) is 0. The number of dihydropyridines is 1. The molecule has 5 aromatic rings. The summed E-state index contributed by atoms with van der Waals surface area (Å²) in [6.07, 6.45) is 5.24. The molecule has 3 aliphatic rings. The van der Waals surface area contributed by atoms with Gasteiger partial charge in [-0.1, -0.05) is 91.0 Å². The number of allylic oxidation sites excluding steroid dienone is 1. The van der Waals surface area contributed by atoms with E-state index in [1.165, 1.54) is 33.4 Å². The van der Waals surface area contributed by atoms with Crippen LogP contribution in [-0.4, -0.2) is 12.3 Å². The van der Waals surface area contributed by atoms with E-state index in [1.807, 2.05) is 12.1 Å². The van der Waals surface area contributed by atoms with Crippen LogP contribution in [0.4, 0.5) is 0 Å². The summed E-state index contributed by atoms with van der Waals surface area (Å²) >= 11 is 0. The first-order valence-electron chi connectivity index (χ1n) is 13.4. The van der Waals surface area contributed by atoms with E-state index >= 15 is 0 Å². The van der Waals surface area contributed by atoms with Crippen molar-refractivity contribution in [3.63, 3.8) is 0 Å². The molecule has 3 heteroatoms. The molecule has 5 aromatic carbocycles. The zero-order valence-corrected chi connectivity index (χ0v) is 21.3. The molecule has 39 heavy (non-hydrogen) atoms. The standard InChI is InChI=1S/C36H25NO2/c1-3-11-25(12-4-1)36(26-13-5-2-6-14-26)29-16-8-7-15-27(29)28-22-34-35(23-30(28)36)38-32-19-18-24(21-33(32)39-34)31-17-9-10-20-37-31/h1-9,11-19,21-23H,10,20H2. The number of benzene rings is 5. The van der Waals surface area contributed by atoms with Crippen molar-refractivity contribution in [2.24, 2.45) is 4.99 Å². The summed E-state index contributed by atoms with van der Waals surface area (Å²) in [6.45, 7) is 0.819. The van der Waals surface area contributed by atoms with E-state index in [0.717, 1.165) is 35.7 Å². The van der Waals surface area contributed by atoms with E-state index in [-0.39, 0.29) is 0 Å². The predicted molar refractivity (Wildman–Crippen MR) is 155 cm³/mol. The van der Waals surface area contributed by atoms with E-state index in [0.29, 0.717) is 11.5 Å². The van der Waals surface area contributed by atoms with Gasteiger partial charge >= 0.3 is 0 Å². The Morgan fingerprint density at radius 2 is 1.23 bits per heavy atom. The van der Waals surface area contributed by atoms with Gasteiger partial charge in [0.15, 0.2) is 23.0 Å².